The number of hydrogen-bond acceptors (Lipinski definition) is 2. The van der Waals surface area contributed by atoms with Gasteiger partial charge in [0, 0.05) is 11.8 Å². The molecule has 3 heteroatoms. The molecule has 0 saturated heterocycles. The molecule has 0 amide bonds. The predicted octanol–water partition coefficient (Wildman–Crippen LogP) is 7.67. The number of fused-ring (bicyclic) bond motifs is 5. The summed E-state index contributed by atoms with van der Waals surface area (Å²) < 4.78 is 6.98. The van der Waals surface area contributed by atoms with Crippen molar-refractivity contribution >= 4 is 14.1 Å². The van der Waals surface area contributed by atoms with Crippen LogP contribution in [0.4, 0.5) is 0 Å². The first-order valence-electron chi connectivity index (χ1n) is 12.5. The van der Waals surface area contributed by atoms with Crippen LogP contribution in [-0.4, -0.2) is 14.1 Å². The van der Waals surface area contributed by atoms with Crippen molar-refractivity contribution in [3.8, 4) is 5.75 Å². The molecule has 0 radical (unpaired) electrons. The maximum atomic E-state index is 12.6. The monoisotopic (exact) mass is 426 g/mol. The van der Waals surface area contributed by atoms with Crippen LogP contribution in [0.2, 0.25) is 16.6 Å². The van der Waals surface area contributed by atoms with E-state index in [1.54, 1.807) is 5.56 Å². The lowest BCUT2D eigenvalue weighted by atomic mass is 9.55. The topological polar surface area (TPSA) is 26.3 Å². The van der Waals surface area contributed by atoms with Crippen LogP contribution in [0.15, 0.2) is 18.2 Å². The van der Waals surface area contributed by atoms with Crippen LogP contribution in [0, 0.1) is 17.3 Å². The molecule has 2 nitrogen and oxygen atoms in total. The normalized spacial score (nSPS) is 31.1. The van der Waals surface area contributed by atoms with E-state index in [4.69, 9.17) is 4.43 Å². The minimum atomic E-state index is -1.92. The number of carbonyl (C=O) groups excluding carboxylic acids is 1. The third kappa shape index (κ3) is 3.22. The summed E-state index contributed by atoms with van der Waals surface area (Å²) in [5, 5.41) is 0. The molecule has 4 rings (SSSR count). The zero-order chi connectivity index (χ0) is 21.8. The number of rotatable bonds is 5. The quantitative estimate of drug-likeness (QED) is 0.452. The van der Waals surface area contributed by atoms with Gasteiger partial charge in [-0.2, -0.15) is 0 Å². The molecular weight excluding hydrogens is 384 g/mol. The lowest BCUT2D eigenvalue weighted by Gasteiger charge is -2.48. The summed E-state index contributed by atoms with van der Waals surface area (Å²) in [5.74, 6) is 3.60. The van der Waals surface area contributed by atoms with E-state index in [-0.39, 0.29) is 5.41 Å². The first-order chi connectivity index (χ1) is 14.1. The van der Waals surface area contributed by atoms with Crippen LogP contribution in [0.3, 0.4) is 0 Å². The minimum Gasteiger partial charge on any atom is -0.543 e. The van der Waals surface area contributed by atoms with Crippen molar-refractivity contribution in [2.24, 2.45) is 17.3 Å². The van der Waals surface area contributed by atoms with Crippen LogP contribution in [0.25, 0.3) is 0 Å². The highest BCUT2D eigenvalue weighted by molar-refractivity contribution is 6.78. The summed E-state index contributed by atoms with van der Waals surface area (Å²) in [6, 6.07) is 7.04. The smallest absolute Gasteiger partial charge is 0.258 e. The van der Waals surface area contributed by atoms with Crippen molar-refractivity contribution in [3.63, 3.8) is 0 Å². The standard InChI is InChI=1S/C27H42O2Si/c1-17(2)30(18(3)4,19(5)6)29-21-9-11-22-20(16-21)8-10-24-23(22)14-15-27(7)25(24)12-13-26(27)28/h9,11,16-19,23-25H,8,10,12-15H2,1-7H3/t23-,24-,25+,27+/m1/s1. The van der Waals surface area contributed by atoms with Crippen molar-refractivity contribution in [2.45, 2.75) is 110 Å². The number of aryl methyl sites for hydroxylation is 1. The maximum absolute atomic E-state index is 12.6. The fourth-order valence-corrected chi connectivity index (χ4v) is 13.2. The molecule has 1 aromatic rings. The van der Waals surface area contributed by atoms with Crippen LogP contribution in [0.5, 0.6) is 5.75 Å². The van der Waals surface area contributed by atoms with E-state index in [1.165, 1.54) is 18.4 Å². The third-order valence-electron chi connectivity index (χ3n) is 9.41. The maximum Gasteiger partial charge on any atom is 0.258 e. The van der Waals surface area contributed by atoms with Gasteiger partial charge in [0.2, 0.25) is 0 Å². The van der Waals surface area contributed by atoms with E-state index in [1.807, 2.05) is 0 Å². The molecule has 1 aromatic carbocycles. The Labute approximate surface area is 185 Å². The minimum absolute atomic E-state index is 0.0290. The fraction of sp³-hybridized carbons (Fsp3) is 0.741. The Morgan fingerprint density at radius 2 is 1.63 bits per heavy atom. The molecule has 3 aliphatic rings. The zero-order valence-electron chi connectivity index (χ0n) is 20.3. The molecule has 30 heavy (non-hydrogen) atoms. The number of carbonyl (C=O) groups is 1. The number of ketones is 1. The van der Waals surface area contributed by atoms with Gasteiger partial charge in [0.25, 0.3) is 8.32 Å². The van der Waals surface area contributed by atoms with Crippen molar-refractivity contribution in [2.75, 3.05) is 0 Å². The number of benzene rings is 1. The molecule has 2 saturated carbocycles. The molecular formula is C27H42O2Si. The summed E-state index contributed by atoms with van der Waals surface area (Å²) in [6.07, 6.45) is 6.59. The van der Waals surface area contributed by atoms with Gasteiger partial charge in [-0.25, -0.2) is 0 Å². The van der Waals surface area contributed by atoms with E-state index >= 15 is 0 Å². The summed E-state index contributed by atoms with van der Waals surface area (Å²) in [4.78, 5) is 12.6. The zero-order valence-corrected chi connectivity index (χ0v) is 21.3. The lowest BCUT2D eigenvalue weighted by Crippen LogP contribution is -2.50. The van der Waals surface area contributed by atoms with Crippen molar-refractivity contribution in [3.05, 3.63) is 29.3 Å². The lowest BCUT2D eigenvalue weighted by molar-refractivity contribution is -0.129. The van der Waals surface area contributed by atoms with Crippen molar-refractivity contribution in [1.82, 2.24) is 0 Å². The van der Waals surface area contributed by atoms with E-state index in [9.17, 15) is 4.79 Å². The SMILES string of the molecule is CC(C)[Si](Oc1ccc2c(c1)CC[C@@H]1[C@@H]2CC[C@]2(C)C(=O)CC[C@@H]12)(C(C)C)C(C)C. The van der Waals surface area contributed by atoms with Gasteiger partial charge in [0.05, 0.1) is 0 Å². The van der Waals surface area contributed by atoms with Gasteiger partial charge < -0.3 is 4.43 Å². The van der Waals surface area contributed by atoms with Crippen LogP contribution in [0.1, 0.15) is 97.6 Å². The third-order valence-corrected chi connectivity index (χ3v) is 15.4. The highest BCUT2D eigenvalue weighted by Crippen LogP contribution is 2.59. The highest BCUT2D eigenvalue weighted by Gasteiger charge is 2.54. The molecule has 0 heterocycles. The molecule has 0 aromatic heterocycles. The Kier molecular flexibility index (Phi) is 5.75. The largest absolute Gasteiger partial charge is 0.543 e. The molecule has 0 unspecified atom stereocenters. The molecule has 4 atom stereocenters. The molecule has 0 bridgehead atoms. The average Bonchev–Trinajstić information content (AvgIpc) is 2.99. The Morgan fingerprint density at radius 1 is 0.967 bits per heavy atom. The van der Waals surface area contributed by atoms with Gasteiger partial charge in [-0.05, 0) is 89.7 Å². The van der Waals surface area contributed by atoms with Gasteiger partial charge in [-0.15, -0.1) is 0 Å². The van der Waals surface area contributed by atoms with Gasteiger partial charge >= 0.3 is 0 Å². The molecule has 0 aliphatic heterocycles. The van der Waals surface area contributed by atoms with Gasteiger partial charge in [-0.1, -0.05) is 54.5 Å². The second-order valence-corrected chi connectivity index (χ2v) is 17.0. The molecule has 2 fully saturated rings. The summed E-state index contributed by atoms with van der Waals surface area (Å²) >= 11 is 0. The summed E-state index contributed by atoms with van der Waals surface area (Å²) in [7, 11) is -1.92. The number of Topliss-reactive ketones (excluding diaryl/α,β-unsaturated/α-hetero) is 1. The van der Waals surface area contributed by atoms with E-state index in [0.717, 1.165) is 31.4 Å². The van der Waals surface area contributed by atoms with Gasteiger partial charge in [0.15, 0.2) is 0 Å². The first-order valence-corrected chi connectivity index (χ1v) is 14.6. The Bertz CT molecular complexity index is 789. The predicted molar refractivity (Wildman–Crippen MR) is 128 cm³/mol. The van der Waals surface area contributed by atoms with Crippen LogP contribution >= 0.6 is 0 Å². The fourth-order valence-electron chi connectivity index (χ4n) is 7.95. The average molecular weight is 427 g/mol. The molecule has 0 spiro atoms. The van der Waals surface area contributed by atoms with Crippen LogP contribution < -0.4 is 4.43 Å². The Morgan fingerprint density at radius 3 is 2.27 bits per heavy atom. The van der Waals surface area contributed by atoms with Crippen molar-refractivity contribution in [1.29, 1.82) is 0 Å². The van der Waals surface area contributed by atoms with Crippen molar-refractivity contribution < 1.29 is 9.22 Å². The van der Waals surface area contributed by atoms with Crippen LogP contribution in [-0.2, 0) is 11.2 Å². The molecule has 166 valence electrons. The first kappa shape index (κ1) is 22.1. The summed E-state index contributed by atoms with van der Waals surface area (Å²) in [5.41, 5.74) is 4.82. The number of hydrogen-bond donors (Lipinski definition) is 0. The van der Waals surface area contributed by atoms with E-state index in [2.05, 4.69) is 66.7 Å². The second kappa shape index (κ2) is 7.80. The van der Waals surface area contributed by atoms with Gasteiger partial charge in [-0.3, -0.25) is 4.79 Å². The highest BCUT2D eigenvalue weighted by atomic mass is 28.4. The van der Waals surface area contributed by atoms with E-state index < -0.39 is 8.32 Å². The Hall–Kier alpha value is -1.09. The second-order valence-electron chi connectivity index (χ2n) is 11.6. The molecule has 3 aliphatic carbocycles. The molecule has 0 N–H and O–H groups in total. The summed E-state index contributed by atoms with van der Waals surface area (Å²) in [6.45, 7) is 16.4. The van der Waals surface area contributed by atoms with E-state index in [0.29, 0.717) is 40.2 Å². The Balaban J connectivity index is 1.61. The van der Waals surface area contributed by atoms with Gasteiger partial charge in [0.1, 0.15) is 11.5 Å².